The van der Waals surface area contributed by atoms with Crippen molar-refractivity contribution < 1.29 is 0 Å². The Morgan fingerprint density at radius 3 is 3.11 bits per heavy atom. The van der Waals surface area contributed by atoms with Crippen molar-refractivity contribution in [1.29, 1.82) is 0 Å². The molecule has 3 aromatic heterocycles. The number of pyridine rings is 1. The zero-order valence-electron chi connectivity index (χ0n) is 9.95. The van der Waals surface area contributed by atoms with E-state index in [1.165, 1.54) is 0 Å². The second-order valence-corrected chi connectivity index (χ2v) is 5.14. The summed E-state index contributed by atoms with van der Waals surface area (Å²) in [6.45, 7) is 2.92. The molecule has 18 heavy (non-hydrogen) atoms. The van der Waals surface area contributed by atoms with Crippen molar-refractivity contribution in [1.82, 2.24) is 19.5 Å². The van der Waals surface area contributed by atoms with Crippen LogP contribution in [0.5, 0.6) is 0 Å². The fourth-order valence-corrected chi connectivity index (χ4v) is 2.71. The summed E-state index contributed by atoms with van der Waals surface area (Å²) in [5.74, 6) is 0.847. The average Bonchev–Trinajstić information content (AvgIpc) is 2.98. The number of anilines is 1. The van der Waals surface area contributed by atoms with Gasteiger partial charge in [-0.1, -0.05) is 6.92 Å². The number of hydrogen-bond acceptors (Lipinski definition) is 5. The molecule has 0 saturated carbocycles. The Bertz CT molecular complexity index is 658. The molecule has 3 rings (SSSR count). The van der Waals surface area contributed by atoms with Gasteiger partial charge in [-0.25, -0.2) is 9.97 Å². The standard InChI is InChI=1S/C12H13N5S/c1-8(11-15-4-5-18-11)7-17-10-2-3-14-6-9(10)16-12(17)13/h2-6,8H,7H2,1H3,(H2,13,16). The maximum Gasteiger partial charge on any atom is 0.201 e. The van der Waals surface area contributed by atoms with E-state index < -0.39 is 0 Å². The molecule has 5 nitrogen and oxygen atoms in total. The second kappa shape index (κ2) is 4.38. The summed E-state index contributed by atoms with van der Waals surface area (Å²) in [4.78, 5) is 12.7. The number of nitrogen functional groups attached to an aromatic ring is 1. The van der Waals surface area contributed by atoms with E-state index in [4.69, 9.17) is 5.73 Å². The van der Waals surface area contributed by atoms with Gasteiger partial charge in [0.15, 0.2) is 0 Å². The van der Waals surface area contributed by atoms with E-state index in [-0.39, 0.29) is 0 Å². The van der Waals surface area contributed by atoms with E-state index in [1.807, 2.05) is 22.2 Å². The molecule has 0 saturated heterocycles. The minimum Gasteiger partial charge on any atom is -0.369 e. The van der Waals surface area contributed by atoms with Gasteiger partial charge in [-0.15, -0.1) is 11.3 Å². The van der Waals surface area contributed by atoms with Gasteiger partial charge in [-0.2, -0.15) is 0 Å². The highest BCUT2D eigenvalue weighted by molar-refractivity contribution is 7.09. The zero-order chi connectivity index (χ0) is 12.5. The van der Waals surface area contributed by atoms with Gasteiger partial charge in [-0.3, -0.25) is 4.98 Å². The lowest BCUT2D eigenvalue weighted by Crippen LogP contribution is -2.09. The lowest BCUT2D eigenvalue weighted by atomic mass is 10.2. The van der Waals surface area contributed by atoms with E-state index in [0.717, 1.165) is 22.6 Å². The van der Waals surface area contributed by atoms with Gasteiger partial charge in [0.1, 0.15) is 5.52 Å². The molecule has 0 fully saturated rings. The lowest BCUT2D eigenvalue weighted by molar-refractivity contribution is 0.614. The molecule has 6 heteroatoms. The van der Waals surface area contributed by atoms with E-state index in [9.17, 15) is 0 Å². The summed E-state index contributed by atoms with van der Waals surface area (Å²) in [6.07, 6.45) is 5.32. The number of thiazole rings is 1. The van der Waals surface area contributed by atoms with Gasteiger partial charge in [0.25, 0.3) is 0 Å². The van der Waals surface area contributed by atoms with Crippen LogP contribution in [-0.2, 0) is 6.54 Å². The highest BCUT2D eigenvalue weighted by Gasteiger charge is 2.14. The summed E-state index contributed by atoms with van der Waals surface area (Å²) < 4.78 is 2.02. The van der Waals surface area contributed by atoms with Gasteiger partial charge in [0, 0.05) is 30.2 Å². The quantitative estimate of drug-likeness (QED) is 0.783. The predicted octanol–water partition coefficient (Wildman–Crippen LogP) is 2.27. The Hall–Kier alpha value is -1.95. The Balaban J connectivity index is 1.97. The summed E-state index contributed by atoms with van der Waals surface area (Å²) in [5.41, 5.74) is 7.82. The van der Waals surface area contributed by atoms with Crippen molar-refractivity contribution in [2.45, 2.75) is 19.4 Å². The molecule has 0 bridgehead atoms. The second-order valence-electron chi connectivity index (χ2n) is 4.22. The number of rotatable bonds is 3. The molecule has 0 aliphatic carbocycles. The van der Waals surface area contributed by atoms with Crippen LogP contribution in [0.4, 0.5) is 5.95 Å². The molecule has 0 spiro atoms. The smallest absolute Gasteiger partial charge is 0.201 e. The molecular formula is C12H13N5S. The maximum absolute atomic E-state index is 5.96. The van der Waals surface area contributed by atoms with E-state index in [2.05, 4.69) is 21.9 Å². The summed E-state index contributed by atoms with van der Waals surface area (Å²) in [7, 11) is 0. The number of hydrogen-bond donors (Lipinski definition) is 1. The molecule has 0 aliphatic heterocycles. The fourth-order valence-electron chi connectivity index (χ4n) is 2.02. The molecule has 92 valence electrons. The molecule has 1 unspecified atom stereocenters. The highest BCUT2D eigenvalue weighted by atomic mass is 32.1. The van der Waals surface area contributed by atoms with Crippen LogP contribution in [0.2, 0.25) is 0 Å². The monoisotopic (exact) mass is 259 g/mol. The number of nitrogens with two attached hydrogens (primary N) is 1. The van der Waals surface area contributed by atoms with Crippen LogP contribution in [0.15, 0.2) is 30.0 Å². The fraction of sp³-hybridized carbons (Fsp3) is 0.250. The summed E-state index contributed by atoms with van der Waals surface area (Å²) in [6, 6.07) is 1.94. The minimum atomic E-state index is 0.317. The maximum atomic E-state index is 5.96. The van der Waals surface area contributed by atoms with Crippen LogP contribution in [0, 0.1) is 0 Å². The van der Waals surface area contributed by atoms with Crippen molar-refractivity contribution in [2.75, 3.05) is 5.73 Å². The average molecular weight is 259 g/mol. The zero-order valence-corrected chi connectivity index (χ0v) is 10.8. The molecule has 0 amide bonds. The largest absolute Gasteiger partial charge is 0.369 e. The first-order chi connectivity index (χ1) is 8.75. The Kier molecular flexibility index (Phi) is 2.71. The minimum absolute atomic E-state index is 0.317. The lowest BCUT2D eigenvalue weighted by Gasteiger charge is -2.11. The molecule has 0 aromatic carbocycles. The van der Waals surface area contributed by atoms with Gasteiger partial charge >= 0.3 is 0 Å². The Labute approximate surface area is 108 Å². The van der Waals surface area contributed by atoms with Crippen LogP contribution in [0.1, 0.15) is 17.8 Å². The van der Waals surface area contributed by atoms with Crippen molar-refractivity contribution in [3.63, 3.8) is 0 Å². The molecule has 0 aliphatic rings. The van der Waals surface area contributed by atoms with Crippen molar-refractivity contribution in [3.8, 4) is 0 Å². The van der Waals surface area contributed by atoms with Crippen LogP contribution < -0.4 is 5.73 Å². The molecule has 3 heterocycles. The third-order valence-electron chi connectivity index (χ3n) is 2.91. The van der Waals surface area contributed by atoms with Crippen LogP contribution in [-0.4, -0.2) is 19.5 Å². The molecule has 2 N–H and O–H groups in total. The molecule has 3 aromatic rings. The van der Waals surface area contributed by atoms with Crippen LogP contribution >= 0.6 is 11.3 Å². The predicted molar refractivity (Wildman–Crippen MR) is 72.5 cm³/mol. The molecule has 0 radical (unpaired) electrons. The topological polar surface area (TPSA) is 69.6 Å². The third-order valence-corrected chi connectivity index (χ3v) is 3.92. The first kappa shape index (κ1) is 11.2. The Morgan fingerprint density at radius 2 is 2.33 bits per heavy atom. The van der Waals surface area contributed by atoms with Gasteiger partial charge in [0.2, 0.25) is 5.95 Å². The van der Waals surface area contributed by atoms with Crippen molar-refractivity contribution >= 4 is 28.3 Å². The number of nitrogens with zero attached hydrogens (tertiary/aromatic N) is 4. The number of imidazole rings is 1. The first-order valence-electron chi connectivity index (χ1n) is 5.71. The molecule has 1 atom stereocenters. The SMILES string of the molecule is CC(Cn1c(N)nc2cnccc21)c1nccs1. The molecular weight excluding hydrogens is 246 g/mol. The van der Waals surface area contributed by atoms with E-state index >= 15 is 0 Å². The summed E-state index contributed by atoms with van der Waals surface area (Å²) >= 11 is 1.67. The number of fused-ring (bicyclic) bond motifs is 1. The van der Waals surface area contributed by atoms with E-state index in [1.54, 1.807) is 23.7 Å². The van der Waals surface area contributed by atoms with Crippen molar-refractivity contribution in [2.24, 2.45) is 0 Å². The van der Waals surface area contributed by atoms with Crippen LogP contribution in [0.3, 0.4) is 0 Å². The van der Waals surface area contributed by atoms with Gasteiger partial charge in [0.05, 0.1) is 16.7 Å². The van der Waals surface area contributed by atoms with Crippen LogP contribution in [0.25, 0.3) is 11.0 Å². The van der Waals surface area contributed by atoms with E-state index in [0.29, 0.717) is 11.9 Å². The van der Waals surface area contributed by atoms with Crippen molar-refractivity contribution in [3.05, 3.63) is 35.0 Å². The summed E-state index contributed by atoms with van der Waals surface area (Å²) in [5, 5.41) is 3.11. The van der Waals surface area contributed by atoms with Gasteiger partial charge < -0.3 is 10.3 Å². The third kappa shape index (κ3) is 1.84. The first-order valence-corrected chi connectivity index (χ1v) is 6.59. The normalized spacial score (nSPS) is 12.9. The number of aromatic nitrogens is 4. The highest BCUT2D eigenvalue weighted by Crippen LogP contribution is 2.24. The van der Waals surface area contributed by atoms with Gasteiger partial charge in [-0.05, 0) is 6.07 Å². The Morgan fingerprint density at radius 1 is 1.44 bits per heavy atom.